The van der Waals surface area contributed by atoms with Gasteiger partial charge in [-0.1, -0.05) is 29.4 Å². The van der Waals surface area contributed by atoms with Crippen molar-refractivity contribution in [3.8, 4) is 11.1 Å². The summed E-state index contributed by atoms with van der Waals surface area (Å²) in [6, 6.07) is 18.1. The lowest BCUT2D eigenvalue weighted by Gasteiger charge is -2.16. The Morgan fingerprint density at radius 3 is 2.41 bits per heavy atom. The molecular weight excluding hydrogens is 512 g/mol. The Kier molecular flexibility index (Phi) is 7.10. The van der Waals surface area contributed by atoms with E-state index in [1.807, 2.05) is 18.2 Å². The van der Waals surface area contributed by atoms with E-state index in [1.165, 1.54) is 18.2 Å². The molecule has 0 saturated carbocycles. The van der Waals surface area contributed by atoms with Crippen LogP contribution in [0.25, 0.3) is 11.1 Å². The summed E-state index contributed by atoms with van der Waals surface area (Å²) < 4.78 is 52.2. The van der Waals surface area contributed by atoms with E-state index >= 15 is 0 Å². The first-order chi connectivity index (χ1) is 18.7. The normalized spacial score (nSPS) is 15.8. The lowest BCUT2D eigenvalue weighted by Crippen LogP contribution is -2.27. The smallest absolute Gasteiger partial charge is 0.385 e. The van der Waals surface area contributed by atoms with E-state index in [-0.39, 0.29) is 6.10 Å². The number of halogens is 4. The second-order valence-electron chi connectivity index (χ2n) is 9.07. The summed E-state index contributed by atoms with van der Waals surface area (Å²) in [5, 5.41) is 7.04. The van der Waals surface area contributed by atoms with Crippen molar-refractivity contribution < 1.29 is 27.2 Å². The molecule has 4 aromatic rings. The summed E-state index contributed by atoms with van der Waals surface area (Å²) in [7, 11) is 0. The molecule has 3 heterocycles. The molecule has 0 fully saturated rings. The zero-order chi connectivity index (χ0) is 27.6. The first kappa shape index (κ1) is 26.0. The number of aromatic nitrogens is 2. The van der Waals surface area contributed by atoms with Crippen molar-refractivity contribution in [3.63, 3.8) is 0 Å². The number of hydrogen-bond acceptors (Lipinski definition) is 5. The Morgan fingerprint density at radius 2 is 1.74 bits per heavy atom. The molecule has 0 saturated heterocycles. The third kappa shape index (κ3) is 5.95. The fraction of sp³-hybridized carbons (Fsp3) is 0.172. The van der Waals surface area contributed by atoms with Crippen molar-refractivity contribution in [1.29, 1.82) is 0 Å². The van der Waals surface area contributed by atoms with Gasteiger partial charge in [-0.15, -0.1) is 0 Å². The highest BCUT2D eigenvalue weighted by atomic mass is 19.4. The zero-order valence-electron chi connectivity index (χ0n) is 20.6. The number of rotatable bonds is 6. The minimum absolute atomic E-state index is 0.294. The summed E-state index contributed by atoms with van der Waals surface area (Å²) in [5.74, 6) is -0.841. The molecule has 6 nitrogen and oxygen atoms in total. The van der Waals surface area contributed by atoms with Crippen molar-refractivity contribution in [3.05, 3.63) is 119 Å². The highest BCUT2D eigenvalue weighted by Crippen LogP contribution is 2.31. The third-order valence-corrected chi connectivity index (χ3v) is 6.32. The van der Waals surface area contributed by atoms with Crippen LogP contribution < -0.4 is 5.32 Å². The predicted octanol–water partition coefficient (Wildman–Crippen LogP) is 6.66. The summed E-state index contributed by atoms with van der Waals surface area (Å²) in [6.07, 6.45) is -1.73. The lowest BCUT2D eigenvalue weighted by molar-refractivity contribution is -0.141. The standard InChI is InChI=1S/C29H22F4N4O2/c1-17(19-7-10-27(35-16-19)29(31,32)33)36-28(38)22-13-20(18-5-8-23(30)9-6-18)12-21(14-22)25-15-26(39-37-25)24-4-2-3-11-34-24/h2-14,16-17,26H,15H2,1H3,(H,36,38)/t17-,26?/m1/s1. The van der Waals surface area contributed by atoms with Gasteiger partial charge in [0.15, 0.2) is 6.10 Å². The number of alkyl halides is 3. The van der Waals surface area contributed by atoms with Gasteiger partial charge in [-0.3, -0.25) is 14.8 Å². The zero-order valence-corrected chi connectivity index (χ0v) is 20.6. The largest absolute Gasteiger partial charge is 0.433 e. The molecule has 2 aromatic heterocycles. The number of carbonyl (C=O) groups is 1. The van der Waals surface area contributed by atoms with E-state index in [2.05, 4.69) is 20.4 Å². The maximum atomic E-state index is 13.6. The maximum absolute atomic E-state index is 13.6. The molecule has 39 heavy (non-hydrogen) atoms. The molecule has 1 unspecified atom stereocenters. The van der Waals surface area contributed by atoms with Gasteiger partial charge in [-0.05, 0) is 72.1 Å². The molecule has 0 bridgehead atoms. The van der Waals surface area contributed by atoms with E-state index in [1.54, 1.807) is 43.5 Å². The summed E-state index contributed by atoms with van der Waals surface area (Å²) in [5.41, 5.74) is 3.03. The number of pyridine rings is 2. The van der Waals surface area contributed by atoms with Crippen molar-refractivity contribution in [2.45, 2.75) is 31.7 Å². The van der Waals surface area contributed by atoms with Gasteiger partial charge in [0.05, 0.1) is 17.4 Å². The highest BCUT2D eigenvalue weighted by Gasteiger charge is 2.32. The number of benzene rings is 2. The quantitative estimate of drug-likeness (QED) is 0.281. The van der Waals surface area contributed by atoms with Crippen LogP contribution in [0.1, 0.15) is 58.4 Å². The third-order valence-electron chi connectivity index (χ3n) is 6.32. The molecule has 2 aromatic carbocycles. The van der Waals surface area contributed by atoms with Gasteiger partial charge >= 0.3 is 6.18 Å². The lowest BCUT2D eigenvalue weighted by atomic mass is 9.95. The summed E-state index contributed by atoms with van der Waals surface area (Å²) >= 11 is 0. The molecule has 5 rings (SSSR count). The molecule has 1 amide bonds. The Bertz CT molecular complexity index is 1510. The highest BCUT2D eigenvalue weighted by molar-refractivity contribution is 6.05. The number of nitrogens with one attached hydrogen (secondary N) is 1. The Morgan fingerprint density at radius 1 is 0.974 bits per heavy atom. The molecule has 0 spiro atoms. The summed E-state index contributed by atoms with van der Waals surface area (Å²) in [6.45, 7) is 1.65. The Hall–Kier alpha value is -4.60. The van der Waals surface area contributed by atoms with Crippen molar-refractivity contribution >= 4 is 11.6 Å². The van der Waals surface area contributed by atoms with Crippen LogP contribution in [-0.4, -0.2) is 21.6 Å². The van der Waals surface area contributed by atoms with Gasteiger partial charge in [-0.25, -0.2) is 4.39 Å². The molecule has 0 radical (unpaired) electrons. The van der Waals surface area contributed by atoms with Gasteiger partial charge in [-0.2, -0.15) is 13.2 Å². The van der Waals surface area contributed by atoms with Gasteiger partial charge in [0.25, 0.3) is 5.91 Å². The number of hydrogen-bond donors (Lipinski definition) is 1. The fourth-order valence-corrected chi connectivity index (χ4v) is 4.20. The monoisotopic (exact) mass is 534 g/mol. The fourth-order valence-electron chi connectivity index (χ4n) is 4.20. The second-order valence-corrected chi connectivity index (χ2v) is 9.07. The average molecular weight is 535 g/mol. The van der Waals surface area contributed by atoms with Gasteiger partial charge in [0.1, 0.15) is 11.5 Å². The Balaban J connectivity index is 1.42. The van der Waals surface area contributed by atoms with E-state index in [0.29, 0.717) is 39.9 Å². The molecule has 0 aliphatic carbocycles. The van der Waals surface area contributed by atoms with E-state index in [4.69, 9.17) is 4.84 Å². The molecule has 198 valence electrons. The number of nitrogens with zero attached hydrogens (tertiary/aromatic N) is 3. The van der Waals surface area contributed by atoms with Crippen LogP contribution in [0.15, 0.2) is 90.3 Å². The topological polar surface area (TPSA) is 76.5 Å². The van der Waals surface area contributed by atoms with Crippen LogP contribution in [0, 0.1) is 5.82 Å². The van der Waals surface area contributed by atoms with E-state index in [9.17, 15) is 22.4 Å². The van der Waals surface area contributed by atoms with E-state index in [0.717, 1.165) is 18.0 Å². The predicted molar refractivity (Wildman–Crippen MR) is 136 cm³/mol. The van der Waals surface area contributed by atoms with Crippen molar-refractivity contribution in [2.24, 2.45) is 5.16 Å². The maximum Gasteiger partial charge on any atom is 0.433 e. The molecule has 1 aliphatic heterocycles. The van der Waals surface area contributed by atoms with Gasteiger partial charge < -0.3 is 10.2 Å². The second kappa shape index (κ2) is 10.6. The minimum atomic E-state index is -4.55. The SMILES string of the molecule is C[C@@H](NC(=O)c1cc(C2=NOC(c3ccccn3)C2)cc(-c2ccc(F)cc2)c1)c1ccc(C(F)(F)F)nc1. The van der Waals surface area contributed by atoms with E-state index < -0.39 is 29.6 Å². The summed E-state index contributed by atoms with van der Waals surface area (Å²) in [4.78, 5) is 26.7. The van der Waals surface area contributed by atoms with Crippen LogP contribution in [-0.2, 0) is 11.0 Å². The number of amides is 1. The molecular formula is C29H22F4N4O2. The first-order valence-electron chi connectivity index (χ1n) is 12.1. The van der Waals surface area contributed by atoms with Crippen LogP contribution in [0.5, 0.6) is 0 Å². The van der Waals surface area contributed by atoms with Crippen LogP contribution in [0.4, 0.5) is 17.6 Å². The van der Waals surface area contributed by atoms with Crippen molar-refractivity contribution in [2.75, 3.05) is 0 Å². The minimum Gasteiger partial charge on any atom is -0.385 e. The Labute approximate surface area is 221 Å². The number of carbonyl (C=O) groups excluding carboxylic acids is 1. The van der Waals surface area contributed by atoms with Crippen LogP contribution in [0.2, 0.25) is 0 Å². The van der Waals surface area contributed by atoms with Crippen LogP contribution in [0.3, 0.4) is 0 Å². The first-order valence-corrected chi connectivity index (χ1v) is 12.1. The van der Waals surface area contributed by atoms with Crippen molar-refractivity contribution in [1.82, 2.24) is 15.3 Å². The number of oxime groups is 1. The van der Waals surface area contributed by atoms with Gasteiger partial charge in [0.2, 0.25) is 0 Å². The molecule has 1 N–H and O–H groups in total. The average Bonchev–Trinajstić information content (AvgIpc) is 3.44. The van der Waals surface area contributed by atoms with Gasteiger partial charge in [0, 0.05) is 29.9 Å². The van der Waals surface area contributed by atoms with Crippen LogP contribution >= 0.6 is 0 Å². The molecule has 2 atom stereocenters. The molecule has 10 heteroatoms. The molecule has 1 aliphatic rings.